The molecule has 2 atom stereocenters. The highest BCUT2D eigenvalue weighted by molar-refractivity contribution is 5.07. The van der Waals surface area contributed by atoms with Gasteiger partial charge in [0.25, 0.3) is 0 Å². The monoisotopic (exact) mass is 252 g/mol. The summed E-state index contributed by atoms with van der Waals surface area (Å²) in [6.45, 7) is 8.64. The van der Waals surface area contributed by atoms with E-state index in [1.165, 1.54) is 39.0 Å². The lowest BCUT2D eigenvalue weighted by Gasteiger charge is -2.60. The van der Waals surface area contributed by atoms with Gasteiger partial charge in [0.15, 0.2) is 0 Å². The van der Waals surface area contributed by atoms with Crippen molar-refractivity contribution in [2.45, 2.75) is 12.8 Å². The summed E-state index contributed by atoms with van der Waals surface area (Å²) < 4.78 is 11.4. The smallest absolute Gasteiger partial charge is 0.0548 e. The molecular weight excluding hydrogens is 228 g/mol. The summed E-state index contributed by atoms with van der Waals surface area (Å²) in [4.78, 5) is 0. The summed E-state index contributed by atoms with van der Waals surface area (Å²) >= 11 is 0. The van der Waals surface area contributed by atoms with E-state index in [1.54, 1.807) is 0 Å². The fraction of sp³-hybridized carbons (Fsp3) is 1.00. The summed E-state index contributed by atoms with van der Waals surface area (Å²) in [5.41, 5.74) is 1.00. The molecule has 102 valence electrons. The summed E-state index contributed by atoms with van der Waals surface area (Å²) in [6.07, 6.45) is 2.54. The second-order valence-corrected chi connectivity index (χ2v) is 6.81. The van der Waals surface area contributed by atoms with Crippen LogP contribution in [-0.2, 0) is 9.47 Å². The summed E-state index contributed by atoms with van der Waals surface area (Å²) in [6, 6.07) is 0. The number of ether oxygens (including phenoxy) is 2. The first-order valence-electron chi connectivity index (χ1n) is 7.42. The zero-order valence-corrected chi connectivity index (χ0v) is 11.0. The fourth-order valence-electron chi connectivity index (χ4n) is 4.56. The van der Waals surface area contributed by atoms with E-state index >= 15 is 0 Å². The number of hydrogen-bond acceptors (Lipinski definition) is 4. The summed E-state index contributed by atoms with van der Waals surface area (Å²) in [7, 11) is 0. The highest BCUT2D eigenvalue weighted by Gasteiger charge is 2.57. The van der Waals surface area contributed by atoms with E-state index in [0.717, 1.165) is 38.3 Å². The predicted octanol–water partition coefficient (Wildman–Crippen LogP) is 0.239. The van der Waals surface area contributed by atoms with Crippen LogP contribution in [0.3, 0.4) is 0 Å². The van der Waals surface area contributed by atoms with Crippen molar-refractivity contribution < 1.29 is 9.47 Å². The Morgan fingerprint density at radius 2 is 1.78 bits per heavy atom. The van der Waals surface area contributed by atoms with Gasteiger partial charge in [0.05, 0.1) is 19.8 Å². The van der Waals surface area contributed by atoms with Crippen molar-refractivity contribution >= 4 is 0 Å². The zero-order valence-electron chi connectivity index (χ0n) is 11.0. The van der Waals surface area contributed by atoms with Gasteiger partial charge >= 0.3 is 0 Å². The Bertz CT molecular complexity index is 294. The van der Waals surface area contributed by atoms with E-state index < -0.39 is 0 Å². The Kier molecular flexibility index (Phi) is 2.70. The van der Waals surface area contributed by atoms with Crippen LogP contribution in [-0.4, -0.2) is 52.6 Å². The van der Waals surface area contributed by atoms with Gasteiger partial charge in [-0.2, -0.15) is 0 Å². The number of nitrogens with one attached hydrogen (secondary N) is 2. The lowest BCUT2D eigenvalue weighted by Crippen LogP contribution is -2.67. The second kappa shape index (κ2) is 4.17. The molecule has 0 saturated carbocycles. The quantitative estimate of drug-likeness (QED) is 0.701. The fourth-order valence-corrected chi connectivity index (χ4v) is 4.56. The Morgan fingerprint density at radius 1 is 0.889 bits per heavy atom. The van der Waals surface area contributed by atoms with Gasteiger partial charge in [-0.3, -0.25) is 0 Å². The van der Waals surface area contributed by atoms with Crippen molar-refractivity contribution in [3.8, 4) is 0 Å². The first-order chi connectivity index (χ1) is 8.85. The zero-order chi connectivity index (χ0) is 12.1. The molecule has 4 heterocycles. The Balaban J connectivity index is 1.59. The van der Waals surface area contributed by atoms with Crippen LogP contribution in [0.4, 0.5) is 0 Å². The molecule has 18 heavy (non-hydrogen) atoms. The van der Waals surface area contributed by atoms with Crippen LogP contribution in [0.2, 0.25) is 0 Å². The molecule has 0 radical (unpaired) electrons. The average Bonchev–Trinajstić information content (AvgIpc) is 2.35. The van der Waals surface area contributed by atoms with Crippen LogP contribution in [0.25, 0.3) is 0 Å². The second-order valence-electron chi connectivity index (χ2n) is 6.81. The minimum absolute atomic E-state index is 0.471. The Hall–Kier alpha value is -0.160. The topological polar surface area (TPSA) is 42.5 Å². The number of rotatable bonds is 1. The predicted molar refractivity (Wildman–Crippen MR) is 68.5 cm³/mol. The number of piperidine rings is 1. The van der Waals surface area contributed by atoms with E-state index in [2.05, 4.69) is 10.6 Å². The molecule has 4 fully saturated rings. The third-order valence-electron chi connectivity index (χ3n) is 6.00. The Labute approximate surface area is 109 Å². The summed E-state index contributed by atoms with van der Waals surface area (Å²) in [5.74, 6) is 1.48. The minimum Gasteiger partial charge on any atom is -0.381 e. The molecule has 0 amide bonds. The van der Waals surface area contributed by atoms with Crippen molar-refractivity contribution in [2.24, 2.45) is 22.7 Å². The maximum Gasteiger partial charge on any atom is 0.0548 e. The standard InChI is InChI=1S/C14H24N2O2/c1-3-15-5-11(14(1)9-18-10-14)12-6-17-4-2-13(12)7-16-8-13/h11-12,15-16H,1-10H2. The molecule has 4 nitrogen and oxygen atoms in total. The van der Waals surface area contributed by atoms with Gasteiger partial charge in [-0.15, -0.1) is 0 Å². The minimum atomic E-state index is 0.471. The van der Waals surface area contributed by atoms with Gasteiger partial charge in [0.1, 0.15) is 0 Å². The molecule has 0 aromatic heterocycles. The lowest BCUT2D eigenvalue weighted by molar-refractivity contribution is -0.203. The van der Waals surface area contributed by atoms with Crippen LogP contribution in [0, 0.1) is 22.7 Å². The van der Waals surface area contributed by atoms with Gasteiger partial charge < -0.3 is 20.1 Å². The molecule has 4 heteroatoms. The SMILES string of the molecule is C1CC2(COC2)C(C2COCCC23CNC3)CN1. The lowest BCUT2D eigenvalue weighted by atomic mass is 9.55. The first-order valence-corrected chi connectivity index (χ1v) is 7.42. The van der Waals surface area contributed by atoms with E-state index in [4.69, 9.17) is 9.47 Å². The normalized spacial score (nSPS) is 41.3. The highest BCUT2D eigenvalue weighted by atomic mass is 16.5. The third-order valence-corrected chi connectivity index (χ3v) is 6.00. The molecule has 4 rings (SSSR count). The molecule has 4 aliphatic rings. The molecule has 0 aromatic rings. The van der Waals surface area contributed by atoms with Crippen LogP contribution >= 0.6 is 0 Å². The van der Waals surface area contributed by atoms with E-state index in [1.807, 2.05) is 0 Å². The Morgan fingerprint density at radius 3 is 2.44 bits per heavy atom. The van der Waals surface area contributed by atoms with Crippen molar-refractivity contribution in [3.05, 3.63) is 0 Å². The molecule has 0 bridgehead atoms. The van der Waals surface area contributed by atoms with Gasteiger partial charge in [-0.1, -0.05) is 0 Å². The maximum absolute atomic E-state index is 5.83. The van der Waals surface area contributed by atoms with Crippen molar-refractivity contribution in [2.75, 3.05) is 52.6 Å². The molecule has 2 unspecified atom stereocenters. The average molecular weight is 252 g/mol. The molecule has 0 aliphatic carbocycles. The van der Waals surface area contributed by atoms with Gasteiger partial charge in [-0.25, -0.2) is 0 Å². The van der Waals surface area contributed by atoms with E-state index in [0.29, 0.717) is 10.8 Å². The van der Waals surface area contributed by atoms with Gasteiger partial charge in [0, 0.05) is 30.5 Å². The van der Waals surface area contributed by atoms with Crippen molar-refractivity contribution in [1.82, 2.24) is 10.6 Å². The van der Waals surface area contributed by atoms with E-state index in [-0.39, 0.29) is 0 Å². The first kappa shape index (κ1) is 11.6. The van der Waals surface area contributed by atoms with Crippen molar-refractivity contribution in [3.63, 3.8) is 0 Å². The summed E-state index contributed by atoms with van der Waals surface area (Å²) in [5, 5.41) is 7.11. The van der Waals surface area contributed by atoms with E-state index in [9.17, 15) is 0 Å². The highest BCUT2D eigenvalue weighted by Crippen LogP contribution is 2.52. The molecular formula is C14H24N2O2. The van der Waals surface area contributed by atoms with Crippen molar-refractivity contribution in [1.29, 1.82) is 0 Å². The van der Waals surface area contributed by atoms with Gasteiger partial charge in [0.2, 0.25) is 0 Å². The van der Waals surface area contributed by atoms with Crippen LogP contribution in [0.1, 0.15) is 12.8 Å². The van der Waals surface area contributed by atoms with Crippen LogP contribution < -0.4 is 10.6 Å². The molecule has 2 N–H and O–H groups in total. The number of hydrogen-bond donors (Lipinski definition) is 2. The largest absolute Gasteiger partial charge is 0.381 e. The molecule has 2 spiro atoms. The molecule has 4 saturated heterocycles. The maximum atomic E-state index is 5.83. The van der Waals surface area contributed by atoms with Gasteiger partial charge in [-0.05, 0) is 37.8 Å². The third kappa shape index (κ3) is 1.52. The van der Waals surface area contributed by atoms with Crippen LogP contribution in [0.15, 0.2) is 0 Å². The molecule has 4 aliphatic heterocycles. The van der Waals surface area contributed by atoms with Crippen LogP contribution in [0.5, 0.6) is 0 Å². The molecule has 0 aromatic carbocycles.